The number of piperidine rings is 1. The van der Waals surface area contributed by atoms with Crippen LogP contribution in [0.25, 0.3) is 0 Å². The molecule has 2 aromatic rings. The van der Waals surface area contributed by atoms with Crippen molar-refractivity contribution in [1.29, 1.82) is 0 Å². The molecule has 3 rings (SSSR count). The van der Waals surface area contributed by atoms with E-state index in [0.717, 1.165) is 24.5 Å². The normalized spacial score (nSPS) is 17.2. The molecule has 1 saturated heterocycles. The van der Waals surface area contributed by atoms with Crippen LogP contribution in [0.15, 0.2) is 18.2 Å². The molecule has 25 heavy (non-hydrogen) atoms. The average Bonchev–Trinajstić information content (AvgIpc) is 3.03. The SMILES string of the molecule is COc1ccc(Cl)cc1NC(=O)Nc1nnc(N2CCCC[C@H]2C)s1. The van der Waals surface area contributed by atoms with Crippen LogP contribution in [0.2, 0.25) is 5.02 Å². The molecule has 1 aliphatic rings. The van der Waals surface area contributed by atoms with Gasteiger partial charge in [-0.3, -0.25) is 5.32 Å². The highest BCUT2D eigenvalue weighted by Crippen LogP contribution is 2.30. The van der Waals surface area contributed by atoms with E-state index >= 15 is 0 Å². The minimum absolute atomic E-state index is 0.421. The van der Waals surface area contributed by atoms with Crippen LogP contribution in [0.5, 0.6) is 5.75 Å². The summed E-state index contributed by atoms with van der Waals surface area (Å²) in [5, 5.41) is 15.5. The summed E-state index contributed by atoms with van der Waals surface area (Å²) in [4.78, 5) is 14.5. The van der Waals surface area contributed by atoms with Crippen molar-refractivity contribution in [3.63, 3.8) is 0 Å². The Labute approximate surface area is 155 Å². The minimum atomic E-state index is -0.421. The van der Waals surface area contributed by atoms with Gasteiger partial charge < -0.3 is 15.0 Å². The van der Waals surface area contributed by atoms with E-state index in [1.54, 1.807) is 18.2 Å². The molecular formula is C16H20ClN5O2S. The number of ether oxygens (including phenoxy) is 1. The maximum absolute atomic E-state index is 12.2. The number of nitrogens with one attached hydrogen (secondary N) is 2. The second-order valence-corrected chi connectivity index (χ2v) is 7.24. The molecule has 9 heteroatoms. The van der Waals surface area contributed by atoms with Gasteiger partial charge in [0.15, 0.2) is 0 Å². The molecule has 134 valence electrons. The van der Waals surface area contributed by atoms with Crippen LogP contribution >= 0.6 is 22.9 Å². The fourth-order valence-corrected chi connectivity index (χ4v) is 3.83. The second kappa shape index (κ2) is 7.88. The number of methoxy groups -OCH3 is 1. The lowest BCUT2D eigenvalue weighted by molar-refractivity contribution is 0.262. The molecule has 1 aliphatic heterocycles. The number of hydrogen-bond acceptors (Lipinski definition) is 6. The molecule has 7 nitrogen and oxygen atoms in total. The van der Waals surface area contributed by atoms with Crippen molar-refractivity contribution >= 4 is 44.9 Å². The number of halogens is 1. The highest BCUT2D eigenvalue weighted by molar-refractivity contribution is 7.19. The van der Waals surface area contributed by atoms with Crippen LogP contribution in [0, 0.1) is 0 Å². The first kappa shape index (κ1) is 17.8. The van der Waals surface area contributed by atoms with E-state index in [9.17, 15) is 4.79 Å². The van der Waals surface area contributed by atoms with E-state index in [1.165, 1.54) is 24.9 Å². The lowest BCUT2D eigenvalue weighted by atomic mass is 10.1. The van der Waals surface area contributed by atoms with Crippen molar-refractivity contribution in [2.75, 3.05) is 29.2 Å². The smallest absolute Gasteiger partial charge is 0.325 e. The monoisotopic (exact) mass is 381 g/mol. The van der Waals surface area contributed by atoms with Crippen LogP contribution < -0.4 is 20.3 Å². The topological polar surface area (TPSA) is 79.4 Å². The summed E-state index contributed by atoms with van der Waals surface area (Å²) in [6.45, 7) is 3.16. The van der Waals surface area contributed by atoms with Crippen LogP contribution in [0.1, 0.15) is 26.2 Å². The third-order valence-electron chi connectivity index (χ3n) is 4.09. The summed E-state index contributed by atoms with van der Waals surface area (Å²) < 4.78 is 5.21. The predicted molar refractivity (Wildman–Crippen MR) is 101 cm³/mol. The van der Waals surface area contributed by atoms with E-state index in [1.807, 2.05) is 0 Å². The number of benzene rings is 1. The number of aromatic nitrogens is 2. The van der Waals surface area contributed by atoms with E-state index < -0.39 is 6.03 Å². The summed E-state index contributed by atoms with van der Waals surface area (Å²) in [7, 11) is 1.53. The maximum atomic E-state index is 12.2. The predicted octanol–water partition coefficient (Wildman–Crippen LogP) is 4.22. The zero-order valence-electron chi connectivity index (χ0n) is 14.1. The van der Waals surface area contributed by atoms with Gasteiger partial charge in [-0.1, -0.05) is 22.9 Å². The van der Waals surface area contributed by atoms with Gasteiger partial charge in [-0.25, -0.2) is 4.79 Å². The fraction of sp³-hybridized carbons (Fsp3) is 0.438. The molecule has 2 N–H and O–H groups in total. The standard InChI is InChI=1S/C16H20ClN5O2S/c1-10-5-3-4-8-22(10)16-21-20-15(25-16)19-14(23)18-12-9-11(17)6-7-13(12)24-2/h6-7,9-10H,3-5,8H2,1-2H3,(H2,18,19,20,23)/t10-/m1/s1. The molecule has 0 bridgehead atoms. The highest BCUT2D eigenvalue weighted by atomic mass is 35.5. The number of amides is 2. The summed E-state index contributed by atoms with van der Waals surface area (Å²) in [6, 6.07) is 5.04. The zero-order chi connectivity index (χ0) is 17.8. The number of anilines is 3. The third kappa shape index (κ3) is 4.32. The minimum Gasteiger partial charge on any atom is -0.495 e. The summed E-state index contributed by atoms with van der Waals surface area (Å²) >= 11 is 7.34. The molecule has 1 atom stereocenters. The van der Waals surface area contributed by atoms with Gasteiger partial charge >= 0.3 is 6.03 Å². The number of urea groups is 1. The Morgan fingerprint density at radius 2 is 2.20 bits per heavy atom. The van der Waals surface area contributed by atoms with Crippen molar-refractivity contribution in [3.8, 4) is 5.75 Å². The highest BCUT2D eigenvalue weighted by Gasteiger charge is 2.22. The Morgan fingerprint density at radius 3 is 2.96 bits per heavy atom. The van der Waals surface area contributed by atoms with E-state index in [2.05, 4.69) is 32.7 Å². The Morgan fingerprint density at radius 1 is 1.36 bits per heavy atom. The number of rotatable bonds is 4. The molecule has 0 unspecified atom stereocenters. The molecule has 2 heterocycles. The van der Waals surface area contributed by atoms with Crippen LogP contribution in [0.4, 0.5) is 20.7 Å². The van der Waals surface area contributed by atoms with Crippen molar-refractivity contribution in [3.05, 3.63) is 23.2 Å². The summed E-state index contributed by atoms with van der Waals surface area (Å²) in [5.74, 6) is 0.527. The van der Waals surface area contributed by atoms with Gasteiger partial charge in [0, 0.05) is 17.6 Å². The van der Waals surface area contributed by atoms with Crippen molar-refractivity contribution in [2.24, 2.45) is 0 Å². The van der Waals surface area contributed by atoms with Gasteiger partial charge in [0.05, 0.1) is 12.8 Å². The number of carbonyl (C=O) groups excluding carboxylic acids is 1. The van der Waals surface area contributed by atoms with Crippen LogP contribution in [-0.4, -0.2) is 35.9 Å². The van der Waals surface area contributed by atoms with Gasteiger partial charge in [0.2, 0.25) is 10.3 Å². The average molecular weight is 382 g/mol. The molecular weight excluding hydrogens is 362 g/mol. The Bertz CT molecular complexity index is 754. The van der Waals surface area contributed by atoms with Crippen LogP contribution in [-0.2, 0) is 0 Å². The number of carbonyl (C=O) groups is 1. The fourth-order valence-electron chi connectivity index (χ4n) is 2.79. The van der Waals surface area contributed by atoms with Gasteiger partial charge in [-0.15, -0.1) is 10.2 Å². The molecule has 1 aromatic heterocycles. The van der Waals surface area contributed by atoms with Crippen molar-refractivity contribution < 1.29 is 9.53 Å². The third-order valence-corrected chi connectivity index (χ3v) is 5.20. The zero-order valence-corrected chi connectivity index (χ0v) is 15.7. The molecule has 0 saturated carbocycles. The molecule has 1 fully saturated rings. The molecule has 0 radical (unpaired) electrons. The lowest BCUT2D eigenvalue weighted by Crippen LogP contribution is -2.37. The first-order chi connectivity index (χ1) is 12.1. The van der Waals surface area contributed by atoms with Gasteiger partial charge in [-0.2, -0.15) is 0 Å². The lowest BCUT2D eigenvalue weighted by Gasteiger charge is -2.32. The van der Waals surface area contributed by atoms with Crippen molar-refractivity contribution in [1.82, 2.24) is 10.2 Å². The Kier molecular flexibility index (Phi) is 5.60. The van der Waals surface area contributed by atoms with Gasteiger partial charge in [-0.05, 0) is 44.4 Å². The number of hydrogen-bond donors (Lipinski definition) is 2. The first-order valence-corrected chi connectivity index (χ1v) is 9.28. The quantitative estimate of drug-likeness (QED) is 0.828. The first-order valence-electron chi connectivity index (χ1n) is 8.08. The molecule has 0 aliphatic carbocycles. The van der Waals surface area contributed by atoms with Gasteiger partial charge in [0.1, 0.15) is 5.75 Å². The van der Waals surface area contributed by atoms with E-state index in [4.69, 9.17) is 16.3 Å². The Hall–Kier alpha value is -2.06. The Balaban J connectivity index is 1.65. The second-order valence-electron chi connectivity index (χ2n) is 5.85. The maximum Gasteiger partial charge on any atom is 0.325 e. The van der Waals surface area contributed by atoms with E-state index in [0.29, 0.717) is 27.6 Å². The molecule has 2 amide bonds. The van der Waals surface area contributed by atoms with Gasteiger partial charge in [0.25, 0.3) is 0 Å². The largest absolute Gasteiger partial charge is 0.495 e. The number of nitrogens with zero attached hydrogens (tertiary/aromatic N) is 3. The molecule has 0 spiro atoms. The summed E-state index contributed by atoms with van der Waals surface area (Å²) in [5.41, 5.74) is 0.488. The van der Waals surface area contributed by atoms with E-state index in [-0.39, 0.29) is 0 Å². The molecule has 1 aromatic carbocycles. The van der Waals surface area contributed by atoms with Crippen LogP contribution in [0.3, 0.4) is 0 Å². The van der Waals surface area contributed by atoms with Crippen molar-refractivity contribution in [2.45, 2.75) is 32.2 Å². The summed E-state index contributed by atoms with van der Waals surface area (Å²) in [6.07, 6.45) is 3.55.